The zero-order valence-electron chi connectivity index (χ0n) is 14.4. The number of ketones is 1. The van der Waals surface area contributed by atoms with Crippen LogP contribution in [0.5, 0.6) is 0 Å². The molecule has 2 aliphatic heterocycles. The molecule has 3 aliphatic rings. The SMILES string of the molecule is COC(C)(C)[C@@]12C[C@H]3OC(C)(C)O[C@H]3C(=O)[C@@H]1OC(C)(C)O2. The second-order valence-corrected chi connectivity index (χ2v) is 7.80. The second-order valence-electron chi connectivity index (χ2n) is 7.80. The zero-order valence-corrected chi connectivity index (χ0v) is 14.4. The molecular formula is C16H26O6. The highest BCUT2D eigenvalue weighted by Gasteiger charge is 2.70. The summed E-state index contributed by atoms with van der Waals surface area (Å²) >= 11 is 0. The molecule has 0 aromatic carbocycles. The Morgan fingerprint density at radius 3 is 2.32 bits per heavy atom. The Morgan fingerprint density at radius 1 is 1.09 bits per heavy atom. The molecule has 0 aromatic rings. The van der Waals surface area contributed by atoms with Crippen LogP contribution in [0.15, 0.2) is 0 Å². The van der Waals surface area contributed by atoms with Crippen LogP contribution in [0.4, 0.5) is 0 Å². The molecule has 0 bridgehead atoms. The molecule has 4 atom stereocenters. The van der Waals surface area contributed by atoms with Gasteiger partial charge in [-0.1, -0.05) is 0 Å². The maximum Gasteiger partial charge on any atom is 0.196 e. The van der Waals surface area contributed by atoms with E-state index in [9.17, 15) is 4.79 Å². The Bertz CT molecular complexity index is 497. The number of rotatable bonds is 2. The van der Waals surface area contributed by atoms with Crippen molar-refractivity contribution in [2.24, 2.45) is 0 Å². The number of hydrogen-bond donors (Lipinski definition) is 0. The maximum atomic E-state index is 13.0. The fourth-order valence-electron chi connectivity index (χ4n) is 3.86. The molecule has 0 spiro atoms. The Balaban J connectivity index is 2.04. The number of carbonyl (C=O) groups excluding carboxylic acids is 1. The highest BCUT2D eigenvalue weighted by atomic mass is 16.8. The average molecular weight is 314 g/mol. The smallest absolute Gasteiger partial charge is 0.196 e. The van der Waals surface area contributed by atoms with Gasteiger partial charge in [0.25, 0.3) is 0 Å². The van der Waals surface area contributed by atoms with Crippen LogP contribution in [-0.2, 0) is 28.5 Å². The van der Waals surface area contributed by atoms with E-state index in [0.717, 1.165) is 0 Å². The number of hydrogen-bond acceptors (Lipinski definition) is 6. The van der Waals surface area contributed by atoms with Gasteiger partial charge in [0.05, 0.1) is 11.7 Å². The third-order valence-electron chi connectivity index (χ3n) is 5.01. The van der Waals surface area contributed by atoms with E-state index >= 15 is 0 Å². The van der Waals surface area contributed by atoms with Crippen molar-refractivity contribution in [1.29, 1.82) is 0 Å². The van der Waals surface area contributed by atoms with Crippen LogP contribution in [0.25, 0.3) is 0 Å². The molecule has 6 heteroatoms. The fourth-order valence-corrected chi connectivity index (χ4v) is 3.86. The van der Waals surface area contributed by atoms with Gasteiger partial charge < -0.3 is 23.7 Å². The van der Waals surface area contributed by atoms with Crippen LogP contribution in [0.3, 0.4) is 0 Å². The van der Waals surface area contributed by atoms with Crippen molar-refractivity contribution in [3.8, 4) is 0 Å². The van der Waals surface area contributed by atoms with Gasteiger partial charge in [0, 0.05) is 13.5 Å². The summed E-state index contributed by atoms with van der Waals surface area (Å²) in [5, 5.41) is 0. The van der Waals surface area contributed by atoms with E-state index < -0.39 is 35.0 Å². The fraction of sp³-hybridized carbons (Fsp3) is 0.938. The topological polar surface area (TPSA) is 63.2 Å². The van der Waals surface area contributed by atoms with E-state index in [0.29, 0.717) is 6.42 Å². The molecule has 6 nitrogen and oxygen atoms in total. The quantitative estimate of drug-likeness (QED) is 0.774. The molecule has 3 fully saturated rings. The average Bonchev–Trinajstić information content (AvgIpc) is 2.83. The van der Waals surface area contributed by atoms with Gasteiger partial charge in [-0.2, -0.15) is 0 Å². The first kappa shape index (κ1) is 16.3. The van der Waals surface area contributed by atoms with Crippen molar-refractivity contribution in [2.75, 3.05) is 7.11 Å². The molecule has 0 amide bonds. The highest BCUT2D eigenvalue weighted by Crippen LogP contribution is 2.53. The molecule has 0 aromatic heterocycles. The van der Waals surface area contributed by atoms with E-state index in [-0.39, 0.29) is 11.9 Å². The number of ether oxygens (including phenoxy) is 5. The van der Waals surface area contributed by atoms with Gasteiger partial charge >= 0.3 is 0 Å². The summed E-state index contributed by atoms with van der Waals surface area (Å²) in [6.07, 6.45) is -1.21. The Morgan fingerprint density at radius 2 is 1.73 bits per heavy atom. The largest absolute Gasteiger partial charge is 0.376 e. The van der Waals surface area contributed by atoms with E-state index in [2.05, 4.69) is 0 Å². The standard InChI is InChI=1S/C16H26O6/c1-13(2,18-7)16-8-9-11(20-14(3,4)19-9)10(17)12(16)21-15(5,6)22-16/h9,11-12H,8H2,1-7H3/t9-,11-,12+,16-/m1/s1. The number of Topliss-reactive ketones (excluding diaryl/α,β-unsaturated/α-hetero) is 1. The number of carbonyl (C=O) groups is 1. The lowest BCUT2D eigenvalue weighted by atomic mass is 9.69. The van der Waals surface area contributed by atoms with Gasteiger partial charge in [-0.3, -0.25) is 4.79 Å². The van der Waals surface area contributed by atoms with Crippen molar-refractivity contribution in [1.82, 2.24) is 0 Å². The van der Waals surface area contributed by atoms with Gasteiger partial charge in [-0.25, -0.2) is 0 Å². The van der Waals surface area contributed by atoms with Crippen molar-refractivity contribution in [3.63, 3.8) is 0 Å². The molecule has 3 rings (SSSR count). The Kier molecular flexibility index (Phi) is 3.35. The van der Waals surface area contributed by atoms with E-state index in [1.807, 2.05) is 41.5 Å². The van der Waals surface area contributed by atoms with Crippen LogP contribution in [-0.4, -0.2) is 54.0 Å². The summed E-state index contributed by atoms with van der Waals surface area (Å²) in [6, 6.07) is 0. The van der Waals surface area contributed by atoms with Gasteiger partial charge in [0.1, 0.15) is 11.7 Å². The van der Waals surface area contributed by atoms with Crippen LogP contribution >= 0.6 is 0 Å². The summed E-state index contributed by atoms with van der Waals surface area (Å²) in [7, 11) is 1.62. The van der Waals surface area contributed by atoms with Gasteiger partial charge in [-0.05, 0) is 41.5 Å². The molecule has 0 unspecified atom stereocenters. The van der Waals surface area contributed by atoms with Crippen LogP contribution in [0, 0.1) is 0 Å². The zero-order chi connectivity index (χ0) is 16.6. The lowest BCUT2D eigenvalue weighted by Gasteiger charge is -2.48. The third-order valence-corrected chi connectivity index (χ3v) is 5.01. The second kappa shape index (κ2) is 4.51. The van der Waals surface area contributed by atoms with Crippen molar-refractivity contribution in [2.45, 2.75) is 89.1 Å². The molecule has 22 heavy (non-hydrogen) atoms. The first-order valence-electron chi connectivity index (χ1n) is 7.76. The van der Waals surface area contributed by atoms with Gasteiger partial charge in [-0.15, -0.1) is 0 Å². The summed E-state index contributed by atoms with van der Waals surface area (Å²) in [5.41, 5.74) is -1.60. The molecule has 0 N–H and O–H groups in total. The number of methoxy groups -OCH3 is 1. The first-order chi connectivity index (χ1) is 9.93. The normalized spacial score (nSPS) is 43.0. The summed E-state index contributed by atoms with van der Waals surface area (Å²) < 4.78 is 29.6. The van der Waals surface area contributed by atoms with E-state index in [4.69, 9.17) is 23.7 Å². The van der Waals surface area contributed by atoms with Crippen LogP contribution in [0.2, 0.25) is 0 Å². The molecule has 2 heterocycles. The predicted octanol–water partition coefficient (Wildman–Crippen LogP) is 1.79. The van der Waals surface area contributed by atoms with Crippen molar-refractivity contribution >= 4 is 5.78 Å². The maximum absolute atomic E-state index is 13.0. The van der Waals surface area contributed by atoms with Crippen LogP contribution < -0.4 is 0 Å². The molecule has 126 valence electrons. The lowest BCUT2D eigenvalue weighted by Crippen LogP contribution is -2.67. The van der Waals surface area contributed by atoms with E-state index in [1.165, 1.54) is 0 Å². The summed E-state index contributed by atoms with van der Waals surface area (Å²) in [5.74, 6) is -1.76. The van der Waals surface area contributed by atoms with Gasteiger partial charge in [0.15, 0.2) is 23.5 Å². The third kappa shape index (κ3) is 2.16. The lowest BCUT2D eigenvalue weighted by molar-refractivity contribution is -0.227. The number of fused-ring (bicyclic) bond motifs is 2. The predicted molar refractivity (Wildman–Crippen MR) is 77.3 cm³/mol. The van der Waals surface area contributed by atoms with Crippen molar-refractivity contribution < 1.29 is 28.5 Å². The molecule has 1 aliphatic carbocycles. The summed E-state index contributed by atoms with van der Waals surface area (Å²) in [4.78, 5) is 13.0. The monoisotopic (exact) mass is 314 g/mol. The summed E-state index contributed by atoms with van der Waals surface area (Å²) in [6.45, 7) is 11.1. The van der Waals surface area contributed by atoms with E-state index in [1.54, 1.807) is 7.11 Å². The minimum atomic E-state index is -0.896. The Labute approximate surface area is 131 Å². The minimum absolute atomic E-state index is 0.127. The van der Waals surface area contributed by atoms with Crippen LogP contribution in [0.1, 0.15) is 48.0 Å². The molecule has 1 saturated carbocycles. The minimum Gasteiger partial charge on any atom is -0.376 e. The highest BCUT2D eigenvalue weighted by molar-refractivity contribution is 5.91. The molecule has 2 saturated heterocycles. The first-order valence-corrected chi connectivity index (χ1v) is 7.76. The molecule has 0 radical (unpaired) electrons. The Hall–Kier alpha value is -0.530. The van der Waals surface area contributed by atoms with Gasteiger partial charge in [0.2, 0.25) is 0 Å². The molecular weight excluding hydrogens is 288 g/mol. The van der Waals surface area contributed by atoms with Crippen molar-refractivity contribution in [3.05, 3.63) is 0 Å².